The minimum absolute atomic E-state index is 0. The molecule has 3 amide bonds. The van der Waals surface area contributed by atoms with Gasteiger partial charge in [-0.3, -0.25) is 14.7 Å². The lowest BCUT2D eigenvalue weighted by molar-refractivity contribution is -0.130. The fraction of sp³-hybridized carbons (Fsp3) is 0.812. The summed E-state index contributed by atoms with van der Waals surface area (Å²) in [6, 6.07) is -0.303. The van der Waals surface area contributed by atoms with Crippen molar-refractivity contribution in [2.75, 3.05) is 19.6 Å². The molecule has 1 unspecified atom stereocenters. The van der Waals surface area contributed by atoms with Crippen molar-refractivity contribution in [2.24, 2.45) is 4.99 Å². The first-order chi connectivity index (χ1) is 10.6. The van der Waals surface area contributed by atoms with Crippen LogP contribution in [0.2, 0.25) is 0 Å². The molecule has 0 radical (unpaired) electrons. The first-order valence-corrected chi connectivity index (χ1v) is 8.33. The topological polar surface area (TPSA) is 85.8 Å². The number of aliphatic imine (C=N–C) groups is 1. The van der Waals surface area contributed by atoms with Crippen molar-refractivity contribution in [3.63, 3.8) is 0 Å². The van der Waals surface area contributed by atoms with Crippen molar-refractivity contribution in [3.8, 4) is 0 Å². The zero-order chi connectivity index (χ0) is 17.7. The predicted molar refractivity (Wildman–Crippen MR) is 108 cm³/mol. The van der Waals surface area contributed by atoms with E-state index in [2.05, 4.69) is 41.7 Å². The number of amides is 3. The van der Waals surface area contributed by atoms with Crippen LogP contribution in [0, 0.1) is 0 Å². The monoisotopic (exact) mass is 453 g/mol. The van der Waals surface area contributed by atoms with Gasteiger partial charge < -0.3 is 16.0 Å². The molecule has 7 nitrogen and oxygen atoms in total. The molecule has 24 heavy (non-hydrogen) atoms. The maximum Gasteiger partial charge on any atom is 0.325 e. The average Bonchev–Trinajstić information content (AvgIpc) is 2.65. The first kappa shape index (κ1) is 22.9. The second kappa shape index (κ2) is 9.43. The Bertz CT molecular complexity index is 476. The van der Waals surface area contributed by atoms with Gasteiger partial charge in [0.1, 0.15) is 5.54 Å². The molecule has 1 atom stereocenters. The van der Waals surface area contributed by atoms with E-state index in [-0.39, 0.29) is 41.5 Å². The van der Waals surface area contributed by atoms with E-state index in [1.807, 2.05) is 13.8 Å². The highest BCUT2D eigenvalue weighted by Gasteiger charge is 2.45. The van der Waals surface area contributed by atoms with Crippen molar-refractivity contribution >= 4 is 41.9 Å². The lowest BCUT2D eigenvalue weighted by Crippen LogP contribution is -2.47. The van der Waals surface area contributed by atoms with Crippen LogP contribution in [0.4, 0.5) is 4.79 Å². The summed E-state index contributed by atoms with van der Waals surface area (Å²) in [5.41, 5.74) is -0.836. The molecule has 1 heterocycles. The molecule has 1 aliphatic rings. The van der Waals surface area contributed by atoms with Gasteiger partial charge in [-0.2, -0.15) is 0 Å². The van der Waals surface area contributed by atoms with E-state index in [4.69, 9.17) is 0 Å². The van der Waals surface area contributed by atoms with Gasteiger partial charge in [-0.1, -0.05) is 6.92 Å². The van der Waals surface area contributed by atoms with Crippen LogP contribution < -0.4 is 16.0 Å². The molecule has 3 N–H and O–H groups in total. The molecule has 0 aromatic carbocycles. The van der Waals surface area contributed by atoms with Crippen LogP contribution >= 0.6 is 24.0 Å². The Balaban J connectivity index is 0.00000529. The van der Waals surface area contributed by atoms with Crippen LogP contribution in [-0.2, 0) is 4.79 Å². The Morgan fingerprint density at radius 3 is 2.38 bits per heavy atom. The zero-order valence-corrected chi connectivity index (χ0v) is 18.0. The Kier molecular flexibility index (Phi) is 9.01. The molecule has 0 aliphatic carbocycles. The Morgan fingerprint density at radius 1 is 1.29 bits per heavy atom. The largest absolute Gasteiger partial charge is 0.357 e. The quantitative estimate of drug-likeness (QED) is 0.189. The fourth-order valence-electron chi connectivity index (χ4n) is 2.27. The average molecular weight is 453 g/mol. The lowest BCUT2D eigenvalue weighted by Gasteiger charge is -2.23. The second-order valence-corrected chi connectivity index (χ2v) is 7.06. The van der Waals surface area contributed by atoms with E-state index in [0.29, 0.717) is 25.9 Å². The number of urea groups is 1. The van der Waals surface area contributed by atoms with Crippen molar-refractivity contribution in [1.29, 1.82) is 0 Å². The minimum atomic E-state index is -0.761. The summed E-state index contributed by atoms with van der Waals surface area (Å²) >= 11 is 0. The molecule has 1 fully saturated rings. The maximum absolute atomic E-state index is 12.3. The van der Waals surface area contributed by atoms with Gasteiger partial charge in [-0.05, 0) is 47.5 Å². The van der Waals surface area contributed by atoms with E-state index in [0.717, 1.165) is 12.5 Å². The van der Waals surface area contributed by atoms with Gasteiger partial charge in [0.05, 0.1) is 0 Å². The van der Waals surface area contributed by atoms with Crippen molar-refractivity contribution in [3.05, 3.63) is 0 Å². The molecular formula is C16H32IN5O2. The Hall–Kier alpha value is -1.06. The van der Waals surface area contributed by atoms with E-state index in [1.54, 1.807) is 6.92 Å². The summed E-state index contributed by atoms with van der Waals surface area (Å²) in [4.78, 5) is 30.0. The number of imide groups is 1. The highest BCUT2D eigenvalue weighted by Crippen LogP contribution is 2.20. The van der Waals surface area contributed by atoms with Gasteiger partial charge in [0, 0.05) is 25.2 Å². The molecule has 140 valence electrons. The van der Waals surface area contributed by atoms with E-state index < -0.39 is 5.54 Å². The highest BCUT2D eigenvalue weighted by atomic mass is 127. The molecule has 0 bridgehead atoms. The third-order valence-corrected chi connectivity index (χ3v) is 3.70. The molecule has 1 aliphatic heterocycles. The summed E-state index contributed by atoms with van der Waals surface area (Å²) < 4.78 is 0. The smallest absolute Gasteiger partial charge is 0.325 e. The van der Waals surface area contributed by atoms with Crippen LogP contribution in [0.15, 0.2) is 4.99 Å². The number of nitrogens with zero attached hydrogens (tertiary/aromatic N) is 2. The summed E-state index contributed by atoms with van der Waals surface area (Å²) in [5.74, 6) is 0.601. The molecule has 1 saturated heterocycles. The molecule has 1 rings (SSSR count). The lowest BCUT2D eigenvalue weighted by atomic mass is 9.99. The maximum atomic E-state index is 12.3. The number of rotatable bonds is 6. The minimum Gasteiger partial charge on any atom is -0.357 e. The van der Waals surface area contributed by atoms with Gasteiger partial charge in [0.15, 0.2) is 5.96 Å². The molecule has 0 aromatic heterocycles. The van der Waals surface area contributed by atoms with E-state index >= 15 is 0 Å². The van der Waals surface area contributed by atoms with Crippen LogP contribution in [0.3, 0.4) is 0 Å². The highest BCUT2D eigenvalue weighted by molar-refractivity contribution is 14.0. The number of carbonyl (C=O) groups is 2. The van der Waals surface area contributed by atoms with Crippen molar-refractivity contribution in [1.82, 2.24) is 20.9 Å². The van der Waals surface area contributed by atoms with Gasteiger partial charge in [0.25, 0.3) is 5.91 Å². The molecule has 8 heteroatoms. The van der Waals surface area contributed by atoms with Gasteiger partial charge in [-0.15, -0.1) is 24.0 Å². The molecule has 0 saturated carbocycles. The van der Waals surface area contributed by atoms with Crippen LogP contribution in [0.1, 0.15) is 54.4 Å². The predicted octanol–water partition coefficient (Wildman–Crippen LogP) is 2.07. The van der Waals surface area contributed by atoms with Crippen LogP contribution in [0.5, 0.6) is 0 Å². The second-order valence-electron chi connectivity index (χ2n) is 7.06. The Morgan fingerprint density at radius 2 is 1.92 bits per heavy atom. The van der Waals surface area contributed by atoms with Crippen LogP contribution in [-0.4, -0.2) is 53.5 Å². The van der Waals surface area contributed by atoms with Gasteiger partial charge in [-0.25, -0.2) is 4.79 Å². The van der Waals surface area contributed by atoms with Crippen molar-refractivity contribution < 1.29 is 9.59 Å². The molecular weight excluding hydrogens is 421 g/mol. The third kappa shape index (κ3) is 6.45. The number of guanidine groups is 1. The van der Waals surface area contributed by atoms with Crippen LogP contribution in [0.25, 0.3) is 0 Å². The standard InChI is InChI=1S/C16H31N5O2.HI/c1-7-16(6)12(22)21(14(23)20-16)11-9-10-18-13(17-8-2)19-15(3,4)5;/h7-11H2,1-6H3,(H,20,23)(H2,17,18,19);1H. The number of hydrogen-bond acceptors (Lipinski definition) is 3. The summed E-state index contributed by atoms with van der Waals surface area (Å²) in [5, 5.41) is 9.25. The summed E-state index contributed by atoms with van der Waals surface area (Å²) in [7, 11) is 0. The zero-order valence-electron chi connectivity index (χ0n) is 15.7. The first-order valence-electron chi connectivity index (χ1n) is 8.33. The normalized spacial score (nSPS) is 21.4. The van der Waals surface area contributed by atoms with Crippen molar-refractivity contribution in [2.45, 2.75) is 65.5 Å². The number of hydrogen-bond donors (Lipinski definition) is 3. The van der Waals surface area contributed by atoms with Gasteiger partial charge in [0.2, 0.25) is 0 Å². The molecule has 0 spiro atoms. The number of halogens is 1. The Labute approximate surface area is 162 Å². The van der Waals surface area contributed by atoms with E-state index in [1.165, 1.54) is 4.90 Å². The molecule has 0 aromatic rings. The van der Waals surface area contributed by atoms with Gasteiger partial charge >= 0.3 is 6.03 Å². The SMILES string of the molecule is CCNC(=NCCCN1C(=O)NC(C)(CC)C1=O)NC(C)(C)C.I. The third-order valence-electron chi connectivity index (χ3n) is 3.70. The summed E-state index contributed by atoms with van der Waals surface area (Å²) in [6.07, 6.45) is 1.23. The number of nitrogens with one attached hydrogen (secondary N) is 3. The summed E-state index contributed by atoms with van der Waals surface area (Å²) in [6.45, 7) is 13.6. The van der Waals surface area contributed by atoms with E-state index in [9.17, 15) is 9.59 Å². The number of carbonyl (C=O) groups excluding carboxylic acids is 2. The fourth-order valence-corrected chi connectivity index (χ4v) is 2.27.